The van der Waals surface area contributed by atoms with Crippen molar-refractivity contribution in [3.8, 4) is 0 Å². The van der Waals surface area contributed by atoms with Gasteiger partial charge in [0, 0.05) is 31.2 Å². The maximum Gasteiger partial charge on any atom is 0.247 e. The van der Waals surface area contributed by atoms with Gasteiger partial charge in [-0.3, -0.25) is 9.69 Å². The molecule has 0 saturated heterocycles. The SMILES string of the molecule is Cc1ccccc1NC(=O)C1c2c(ncn2C(C)C)CCN1Cc1ccccc1. The third kappa shape index (κ3) is 3.96. The second-order valence-corrected chi connectivity index (χ2v) is 7.99. The third-order valence-electron chi connectivity index (χ3n) is 5.61. The van der Waals surface area contributed by atoms with Crippen LogP contribution in [0.4, 0.5) is 5.69 Å². The molecule has 5 heteroatoms. The highest BCUT2D eigenvalue weighted by Crippen LogP contribution is 2.33. The first-order valence-electron chi connectivity index (χ1n) is 10.2. The summed E-state index contributed by atoms with van der Waals surface area (Å²) in [6, 6.07) is 18.1. The zero-order chi connectivity index (χ0) is 20.4. The molecule has 150 valence electrons. The van der Waals surface area contributed by atoms with Gasteiger partial charge in [-0.25, -0.2) is 4.98 Å². The molecule has 1 aliphatic rings. The Morgan fingerprint density at radius 1 is 1.14 bits per heavy atom. The summed E-state index contributed by atoms with van der Waals surface area (Å²) in [5.74, 6) is -0.00131. The van der Waals surface area contributed by atoms with E-state index in [1.807, 2.05) is 55.7 Å². The minimum atomic E-state index is -0.372. The minimum absolute atomic E-state index is 0.00131. The van der Waals surface area contributed by atoms with Crippen LogP contribution >= 0.6 is 0 Å². The Morgan fingerprint density at radius 2 is 1.86 bits per heavy atom. The van der Waals surface area contributed by atoms with Crippen molar-refractivity contribution in [1.29, 1.82) is 0 Å². The Balaban J connectivity index is 1.71. The third-order valence-corrected chi connectivity index (χ3v) is 5.61. The first-order chi connectivity index (χ1) is 14.0. The number of benzene rings is 2. The predicted octanol–water partition coefficient (Wildman–Crippen LogP) is 4.51. The summed E-state index contributed by atoms with van der Waals surface area (Å²) < 4.78 is 2.15. The second kappa shape index (κ2) is 8.21. The highest BCUT2D eigenvalue weighted by Gasteiger charge is 2.37. The number of nitrogens with zero attached hydrogens (tertiary/aromatic N) is 3. The molecule has 0 spiro atoms. The standard InChI is InChI=1S/C24H28N4O/c1-17(2)28-16-25-21-13-14-27(15-19-10-5-4-6-11-19)23(22(21)28)24(29)26-20-12-8-7-9-18(20)3/h4-12,16-17,23H,13-15H2,1-3H3,(H,26,29). The van der Waals surface area contributed by atoms with Crippen LogP contribution in [0.2, 0.25) is 0 Å². The number of fused-ring (bicyclic) bond motifs is 1. The van der Waals surface area contributed by atoms with Crippen LogP contribution in [0.5, 0.6) is 0 Å². The van der Waals surface area contributed by atoms with Gasteiger partial charge in [-0.1, -0.05) is 48.5 Å². The molecule has 2 heterocycles. The summed E-state index contributed by atoms with van der Waals surface area (Å²) in [6.07, 6.45) is 2.74. The van der Waals surface area contributed by atoms with Crippen molar-refractivity contribution in [2.75, 3.05) is 11.9 Å². The van der Waals surface area contributed by atoms with Gasteiger partial charge in [-0.05, 0) is 38.0 Å². The van der Waals surface area contributed by atoms with Gasteiger partial charge in [0.25, 0.3) is 0 Å². The number of amides is 1. The summed E-state index contributed by atoms with van der Waals surface area (Å²) in [5, 5.41) is 3.17. The van der Waals surface area contributed by atoms with Crippen molar-refractivity contribution in [2.24, 2.45) is 0 Å². The molecule has 1 N–H and O–H groups in total. The first-order valence-corrected chi connectivity index (χ1v) is 10.2. The van der Waals surface area contributed by atoms with E-state index in [-0.39, 0.29) is 18.0 Å². The largest absolute Gasteiger partial charge is 0.330 e. The van der Waals surface area contributed by atoms with Crippen LogP contribution in [0.1, 0.15) is 48.4 Å². The molecule has 4 rings (SSSR count). The molecule has 1 aromatic heterocycles. The summed E-state index contributed by atoms with van der Waals surface area (Å²) >= 11 is 0. The lowest BCUT2D eigenvalue weighted by atomic mass is 9.99. The number of hydrogen-bond donors (Lipinski definition) is 1. The van der Waals surface area contributed by atoms with Crippen LogP contribution in [0.3, 0.4) is 0 Å². The Bertz CT molecular complexity index is 993. The van der Waals surface area contributed by atoms with Crippen LogP contribution in [0, 0.1) is 6.92 Å². The van der Waals surface area contributed by atoms with Crippen LogP contribution < -0.4 is 5.32 Å². The molecule has 1 unspecified atom stereocenters. The van der Waals surface area contributed by atoms with E-state index in [0.717, 1.165) is 42.1 Å². The number of carbonyl (C=O) groups is 1. The molecule has 1 aliphatic heterocycles. The number of para-hydroxylation sites is 1. The molecule has 0 fully saturated rings. The van der Waals surface area contributed by atoms with E-state index in [1.165, 1.54) is 5.56 Å². The topological polar surface area (TPSA) is 50.2 Å². The number of rotatable bonds is 5. The Morgan fingerprint density at radius 3 is 2.59 bits per heavy atom. The maximum absolute atomic E-state index is 13.6. The number of aromatic nitrogens is 2. The highest BCUT2D eigenvalue weighted by molar-refractivity contribution is 5.96. The van der Waals surface area contributed by atoms with Crippen molar-refractivity contribution in [3.05, 3.63) is 83.4 Å². The summed E-state index contributed by atoms with van der Waals surface area (Å²) in [6.45, 7) is 7.82. The van der Waals surface area contributed by atoms with Gasteiger partial charge >= 0.3 is 0 Å². The molecule has 1 amide bonds. The van der Waals surface area contributed by atoms with Gasteiger partial charge in [-0.15, -0.1) is 0 Å². The Kier molecular flexibility index (Phi) is 5.49. The van der Waals surface area contributed by atoms with E-state index < -0.39 is 0 Å². The molecule has 0 aliphatic carbocycles. The van der Waals surface area contributed by atoms with Gasteiger partial charge in [0.15, 0.2) is 0 Å². The monoisotopic (exact) mass is 388 g/mol. The fraction of sp³-hybridized carbons (Fsp3) is 0.333. The number of nitrogens with one attached hydrogen (secondary N) is 1. The fourth-order valence-corrected chi connectivity index (χ4v) is 4.06. The number of carbonyl (C=O) groups excluding carboxylic acids is 1. The lowest BCUT2D eigenvalue weighted by molar-refractivity contribution is -0.122. The smallest absolute Gasteiger partial charge is 0.247 e. The summed E-state index contributed by atoms with van der Waals surface area (Å²) in [7, 11) is 0. The first kappa shape index (κ1) is 19.4. The van der Waals surface area contributed by atoms with Gasteiger partial charge < -0.3 is 9.88 Å². The molecule has 0 bridgehead atoms. The average Bonchev–Trinajstić information content (AvgIpc) is 3.14. The predicted molar refractivity (Wildman–Crippen MR) is 116 cm³/mol. The normalized spacial score (nSPS) is 16.6. The minimum Gasteiger partial charge on any atom is -0.330 e. The average molecular weight is 389 g/mol. The van der Waals surface area contributed by atoms with E-state index in [4.69, 9.17) is 0 Å². The van der Waals surface area contributed by atoms with E-state index in [0.29, 0.717) is 0 Å². The molecular weight excluding hydrogens is 360 g/mol. The molecule has 29 heavy (non-hydrogen) atoms. The molecular formula is C24H28N4O. The molecule has 0 saturated carbocycles. The van der Waals surface area contributed by atoms with Crippen molar-refractivity contribution < 1.29 is 4.79 Å². The van der Waals surface area contributed by atoms with Crippen LogP contribution in [0.25, 0.3) is 0 Å². The van der Waals surface area contributed by atoms with Crippen molar-refractivity contribution in [1.82, 2.24) is 14.5 Å². The maximum atomic E-state index is 13.6. The molecule has 5 nitrogen and oxygen atoms in total. The number of imidazole rings is 1. The quantitative estimate of drug-likeness (QED) is 0.700. The van der Waals surface area contributed by atoms with Crippen molar-refractivity contribution in [3.63, 3.8) is 0 Å². The van der Waals surface area contributed by atoms with Gasteiger partial charge in [0.1, 0.15) is 6.04 Å². The Hall–Kier alpha value is -2.92. The lowest BCUT2D eigenvalue weighted by Gasteiger charge is -2.36. The van der Waals surface area contributed by atoms with E-state index >= 15 is 0 Å². The van der Waals surface area contributed by atoms with Gasteiger partial charge in [0.2, 0.25) is 5.91 Å². The molecule has 0 radical (unpaired) electrons. The summed E-state index contributed by atoms with van der Waals surface area (Å²) in [5.41, 5.74) is 5.19. The van der Waals surface area contributed by atoms with Crippen molar-refractivity contribution in [2.45, 2.75) is 45.8 Å². The summed E-state index contributed by atoms with van der Waals surface area (Å²) in [4.78, 5) is 20.5. The number of hydrogen-bond acceptors (Lipinski definition) is 3. The van der Waals surface area contributed by atoms with Crippen LogP contribution in [-0.4, -0.2) is 26.9 Å². The van der Waals surface area contributed by atoms with E-state index in [9.17, 15) is 4.79 Å². The number of anilines is 1. The zero-order valence-corrected chi connectivity index (χ0v) is 17.3. The molecule has 3 aromatic rings. The molecule has 1 atom stereocenters. The second-order valence-electron chi connectivity index (χ2n) is 7.99. The van der Waals surface area contributed by atoms with Gasteiger partial charge in [0.05, 0.1) is 17.7 Å². The molecule has 2 aromatic carbocycles. The van der Waals surface area contributed by atoms with Crippen LogP contribution in [0.15, 0.2) is 60.9 Å². The van der Waals surface area contributed by atoms with Crippen molar-refractivity contribution >= 4 is 11.6 Å². The van der Waals surface area contributed by atoms with Crippen LogP contribution in [-0.2, 0) is 17.8 Å². The fourth-order valence-electron chi connectivity index (χ4n) is 4.06. The number of aryl methyl sites for hydroxylation is 1. The Labute approximate surface area is 172 Å². The highest BCUT2D eigenvalue weighted by atomic mass is 16.2. The zero-order valence-electron chi connectivity index (χ0n) is 17.3. The van der Waals surface area contributed by atoms with Gasteiger partial charge in [-0.2, -0.15) is 0 Å². The van der Waals surface area contributed by atoms with E-state index in [1.54, 1.807) is 0 Å². The lowest BCUT2D eigenvalue weighted by Crippen LogP contribution is -2.42. The van der Waals surface area contributed by atoms with E-state index in [2.05, 4.69) is 45.7 Å².